The Kier molecular flexibility index (Phi) is 13700. The summed E-state index contributed by atoms with van der Waals surface area (Å²) in [6.07, 6.45) is 0. The molecule has 0 amide bonds. The minimum absolute atomic E-state index is 0. The van der Waals surface area contributed by atoms with Gasteiger partial charge in [0.25, 0.3) is 0 Å². The monoisotopic (exact) mass is 624 g/mol. The summed E-state index contributed by atoms with van der Waals surface area (Å²) in [6, 6.07) is 0. The second kappa shape index (κ2) is 478. The van der Waals surface area contributed by atoms with Crippen molar-refractivity contribution < 1.29 is 215 Å². The fourth-order valence-electron chi connectivity index (χ4n) is 0. The van der Waals surface area contributed by atoms with Gasteiger partial charge in [0.05, 0.1) is 0 Å². The largest absolute Gasteiger partial charge is 2.00 e. The first-order valence-corrected chi connectivity index (χ1v) is 0. The van der Waals surface area contributed by atoms with Crippen molar-refractivity contribution in [2.24, 2.45) is 0 Å². The number of hydrogen-bond donors (Lipinski definition) is 0. The third-order valence-electron chi connectivity index (χ3n) is 0. The Morgan fingerprint density at radius 2 is 0.316 bits per heavy atom. The molecule has 0 aromatic carbocycles. The van der Waals surface area contributed by atoms with E-state index in [0.717, 1.165) is 0 Å². The van der Waals surface area contributed by atoms with E-state index in [2.05, 4.69) is 0 Å². The minimum atomic E-state index is 0. The van der Waals surface area contributed by atoms with Crippen LogP contribution in [0.5, 0.6) is 0 Å². The summed E-state index contributed by atoms with van der Waals surface area (Å²) in [5.74, 6) is 0. The zero-order valence-corrected chi connectivity index (χ0v) is 23.6. The first-order valence-electron chi connectivity index (χ1n) is 0. The summed E-state index contributed by atoms with van der Waals surface area (Å²) in [6.45, 7) is 0. The van der Waals surface area contributed by atoms with Gasteiger partial charge >= 0.3 is 73.1 Å². The van der Waals surface area contributed by atoms with Gasteiger partial charge in [-0.3, -0.25) is 0 Å². The third-order valence-corrected chi connectivity index (χ3v) is 0. The van der Waals surface area contributed by atoms with E-state index in [0.29, 0.717) is 0 Å². The molecule has 0 aliphatic rings. The van der Waals surface area contributed by atoms with Crippen LogP contribution in [-0.2, 0) is 160 Å². The van der Waals surface area contributed by atoms with Crippen molar-refractivity contribution in [2.45, 2.75) is 7.43 Å². The molecule has 0 unspecified atom stereocenters. The maximum atomic E-state index is 0. The van der Waals surface area contributed by atoms with Crippen LogP contribution < -0.4 is 0 Å². The smallest absolute Gasteiger partial charge is 0.870 e. The van der Waals surface area contributed by atoms with Crippen molar-refractivity contribution in [3.05, 3.63) is 0 Å². The van der Waals surface area contributed by atoms with E-state index in [1.165, 1.54) is 0 Å². The molecular weight excluding hydrogens is 604 g/mol. The average Bonchev–Trinajstić information content (AvgIpc) is 0. The molecule has 2 radical (unpaired) electrons. The Hall–Kier alpha value is 4.74. The van der Waals surface area contributed by atoms with E-state index in [4.69, 9.17) is 0 Å². The second-order valence-corrected chi connectivity index (χ2v) is 0. The quantitative estimate of drug-likeness (QED) is 0.237. The van der Waals surface area contributed by atoms with Crippen molar-refractivity contribution in [1.29, 1.82) is 0 Å². The summed E-state index contributed by atoms with van der Waals surface area (Å²) >= 11 is 0. The Morgan fingerprint density at radius 3 is 0.316 bits per heavy atom. The van der Waals surface area contributed by atoms with E-state index in [1.807, 2.05) is 0 Å². The molecule has 0 aromatic rings. The van der Waals surface area contributed by atoms with E-state index in [9.17, 15) is 0 Å². The van der Waals surface area contributed by atoms with Crippen LogP contribution >= 0.6 is 0 Å². The SMILES string of the molecule is C.O.O.O.O.O.O.O.O.[Mn+2].[Mn+2].[OH-].[OH-].[Ti].[Ti].[Ti].[Ti].[Zn+2].[Zn+2]. The van der Waals surface area contributed by atoms with Crippen molar-refractivity contribution >= 4 is 0 Å². The second-order valence-electron chi connectivity index (χ2n) is 0. The standard InChI is InChI=1S/CH4.2Mn.10H2O.4Ti.2Zn/h1H4;;;10*1H2;;;;;;/q;2*+2;;;;;;;;;;;;;;;2*+2/p-2. The molecule has 0 rings (SSSR count). The molecule has 0 spiro atoms. The Morgan fingerprint density at radius 1 is 0.316 bits per heavy atom. The predicted octanol–water partition coefficient (Wildman–Crippen LogP) is -6.34. The first kappa shape index (κ1) is 546. The van der Waals surface area contributed by atoms with Gasteiger partial charge in [0.2, 0.25) is 0 Å². The fourth-order valence-corrected chi connectivity index (χ4v) is 0. The van der Waals surface area contributed by atoms with Gasteiger partial charge in [0.15, 0.2) is 0 Å². The van der Waals surface area contributed by atoms with Crippen LogP contribution in [0.1, 0.15) is 7.43 Å². The Balaban J connectivity index is 0. The summed E-state index contributed by atoms with van der Waals surface area (Å²) in [5.41, 5.74) is 0. The van der Waals surface area contributed by atoms with Crippen LogP contribution in [0.3, 0.4) is 0 Å². The van der Waals surface area contributed by atoms with E-state index in [-0.39, 0.29) is 222 Å². The number of rotatable bonds is 0. The zero-order chi connectivity index (χ0) is 0. The third kappa shape index (κ3) is 435. The predicted molar refractivity (Wildman–Crippen MR) is 39.5 cm³/mol. The van der Waals surface area contributed by atoms with Crippen molar-refractivity contribution in [3.8, 4) is 0 Å². The van der Waals surface area contributed by atoms with E-state index < -0.39 is 0 Å². The normalized spacial score (nSPS) is 0. The van der Waals surface area contributed by atoms with Gasteiger partial charge in [-0.1, -0.05) is 7.43 Å². The summed E-state index contributed by atoms with van der Waals surface area (Å²) in [5, 5.41) is 0. The van der Waals surface area contributed by atoms with Crippen molar-refractivity contribution in [2.75, 3.05) is 0 Å². The van der Waals surface area contributed by atoms with Gasteiger partial charge in [-0.15, -0.1) is 0 Å². The minimum Gasteiger partial charge on any atom is -0.870 e. The van der Waals surface area contributed by atoms with Crippen LogP contribution in [0, 0.1) is 0 Å². The van der Waals surface area contributed by atoms with Gasteiger partial charge in [-0.25, -0.2) is 0 Å². The van der Waals surface area contributed by atoms with Crippen LogP contribution in [0.4, 0.5) is 0 Å². The molecule has 18 N–H and O–H groups in total. The summed E-state index contributed by atoms with van der Waals surface area (Å²) in [7, 11) is 0. The summed E-state index contributed by atoms with van der Waals surface area (Å²) < 4.78 is 0. The topological polar surface area (TPSA) is 312 Å². The van der Waals surface area contributed by atoms with Gasteiger partial charge in [0.1, 0.15) is 0 Å². The van der Waals surface area contributed by atoms with Crippen LogP contribution in [0.25, 0.3) is 0 Å². The molecule has 10 nitrogen and oxygen atoms in total. The molecule has 0 aliphatic heterocycles. The molecular formula is CH22Mn2O10Ti4Zn2+6. The zero-order valence-electron chi connectivity index (χ0n) is 9.06. The molecule has 0 heterocycles. The van der Waals surface area contributed by atoms with Crippen LogP contribution in [0.15, 0.2) is 0 Å². The Labute approximate surface area is 219 Å². The van der Waals surface area contributed by atoms with Gasteiger partial charge in [-0.2, -0.15) is 0 Å². The van der Waals surface area contributed by atoms with Crippen LogP contribution in [-0.4, -0.2) is 54.8 Å². The molecule has 0 fully saturated rings. The molecule has 114 valence electrons. The number of hydrogen-bond acceptors (Lipinski definition) is 2. The van der Waals surface area contributed by atoms with Gasteiger partial charge < -0.3 is 54.8 Å². The van der Waals surface area contributed by atoms with E-state index >= 15 is 0 Å². The Bertz CT molecular complexity index is 35.5. The molecule has 0 bridgehead atoms. The van der Waals surface area contributed by atoms with Crippen molar-refractivity contribution in [3.63, 3.8) is 0 Å². The van der Waals surface area contributed by atoms with Crippen LogP contribution in [0.2, 0.25) is 0 Å². The summed E-state index contributed by atoms with van der Waals surface area (Å²) in [4.78, 5) is 0. The fraction of sp³-hybridized carbons (Fsp3) is 1.00. The molecule has 0 atom stereocenters. The van der Waals surface area contributed by atoms with E-state index in [1.54, 1.807) is 0 Å². The van der Waals surface area contributed by atoms with Gasteiger partial charge in [-0.05, 0) is 0 Å². The average molecular weight is 626 g/mol. The molecule has 0 aliphatic carbocycles. The molecule has 0 saturated heterocycles. The molecule has 19 heavy (non-hydrogen) atoms. The molecule has 18 heteroatoms. The molecule has 0 aromatic heterocycles. The maximum absolute atomic E-state index is 0. The van der Waals surface area contributed by atoms with Gasteiger partial charge in [0, 0.05) is 86.9 Å². The maximum Gasteiger partial charge on any atom is 2.00 e. The van der Waals surface area contributed by atoms with Crippen molar-refractivity contribution in [1.82, 2.24) is 0 Å². The first-order chi connectivity index (χ1) is 0. The molecule has 0 saturated carbocycles.